The molecule has 2 aromatic heterocycles. The Morgan fingerprint density at radius 3 is 2.60 bits per heavy atom. The second-order valence-corrected chi connectivity index (χ2v) is 5.94. The fourth-order valence-corrected chi connectivity index (χ4v) is 2.75. The Kier molecular flexibility index (Phi) is 5.56. The van der Waals surface area contributed by atoms with Crippen molar-refractivity contribution in [2.75, 3.05) is 0 Å². The smallest absolute Gasteiger partial charge is 0.301 e. The summed E-state index contributed by atoms with van der Waals surface area (Å²) in [5.74, 6) is 0. The molecule has 0 unspecified atom stereocenters. The highest BCUT2D eigenvalue weighted by molar-refractivity contribution is 5.14. The third-order valence-electron chi connectivity index (χ3n) is 4.13. The summed E-state index contributed by atoms with van der Waals surface area (Å²) in [5.41, 5.74) is 1.66. The molecule has 0 bridgehead atoms. The SMILES string of the molecule is O=c1ccn(CCCCc2cnnn2CCc2ccccc2)c(=O)[nH]1. The first-order valence-corrected chi connectivity index (χ1v) is 8.43. The lowest BCUT2D eigenvalue weighted by Gasteiger charge is -2.07. The van der Waals surface area contributed by atoms with E-state index in [9.17, 15) is 9.59 Å². The van der Waals surface area contributed by atoms with E-state index in [2.05, 4.69) is 27.4 Å². The Balaban J connectivity index is 1.48. The second-order valence-electron chi connectivity index (χ2n) is 5.94. The molecular weight excluding hydrogens is 318 g/mol. The number of nitrogens with one attached hydrogen (secondary N) is 1. The highest BCUT2D eigenvalue weighted by Crippen LogP contribution is 2.07. The first-order chi connectivity index (χ1) is 12.2. The molecule has 7 heteroatoms. The lowest BCUT2D eigenvalue weighted by atomic mass is 10.1. The molecule has 0 amide bonds. The quantitative estimate of drug-likeness (QED) is 0.629. The molecule has 1 aromatic carbocycles. The lowest BCUT2D eigenvalue weighted by molar-refractivity contribution is 0.537. The van der Waals surface area contributed by atoms with Crippen LogP contribution in [0.4, 0.5) is 0 Å². The Morgan fingerprint density at radius 1 is 0.960 bits per heavy atom. The molecule has 0 fully saturated rings. The largest absolute Gasteiger partial charge is 0.328 e. The van der Waals surface area contributed by atoms with Gasteiger partial charge in [-0.25, -0.2) is 9.48 Å². The van der Waals surface area contributed by atoms with Gasteiger partial charge in [0.2, 0.25) is 0 Å². The van der Waals surface area contributed by atoms with E-state index in [0.29, 0.717) is 6.54 Å². The fourth-order valence-electron chi connectivity index (χ4n) is 2.75. The minimum absolute atomic E-state index is 0.359. The number of aromatic amines is 1. The summed E-state index contributed by atoms with van der Waals surface area (Å²) < 4.78 is 3.46. The number of aryl methyl sites for hydroxylation is 4. The zero-order chi connectivity index (χ0) is 17.5. The molecule has 0 aliphatic rings. The summed E-state index contributed by atoms with van der Waals surface area (Å²) in [6, 6.07) is 11.7. The molecule has 25 heavy (non-hydrogen) atoms. The lowest BCUT2D eigenvalue weighted by Crippen LogP contribution is -2.28. The zero-order valence-electron chi connectivity index (χ0n) is 14.0. The number of rotatable bonds is 8. The maximum Gasteiger partial charge on any atom is 0.328 e. The summed E-state index contributed by atoms with van der Waals surface area (Å²) in [7, 11) is 0. The van der Waals surface area contributed by atoms with Crippen molar-refractivity contribution in [1.82, 2.24) is 24.5 Å². The van der Waals surface area contributed by atoms with E-state index in [1.54, 1.807) is 6.20 Å². The normalized spacial score (nSPS) is 10.9. The van der Waals surface area contributed by atoms with Gasteiger partial charge in [0.25, 0.3) is 5.56 Å². The van der Waals surface area contributed by atoms with Gasteiger partial charge in [-0.05, 0) is 31.2 Å². The van der Waals surface area contributed by atoms with Gasteiger partial charge in [0.05, 0.1) is 11.9 Å². The predicted molar refractivity (Wildman–Crippen MR) is 94.4 cm³/mol. The molecule has 0 aliphatic carbocycles. The van der Waals surface area contributed by atoms with Crippen molar-refractivity contribution >= 4 is 0 Å². The maximum atomic E-state index is 11.6. The van der Waals surface area contributed by atoms with Crippen molar-refractivity contribution in [2.45, 2.75) is 38.8 Å². The van der Waals surface area contributed by atoms with Crippen molar-refractivity contribution in [1.29, 1.82) is 0 Å². The molecule has 3 aromatic rings. The number of aromatic nitrogens is 5. The summed E-state index contributed by atoms with van der Waals surface area (Å²) in [6.45, 7) is 1.39. The summed E-state index contributed by atoms with van der Waals surface area (Å²) >= 11 is 0. The average molecular weight is 339 g/mol. The van der Waals surface area contributed by atoms with Crippen LogP contribution in [0, 0.1) is 0 Å². The van der Waals surface area contributed by atoms with Crippen molar-refractivity contribution in [2.24, 2.45) is 0 Å². The van der Waals surface area contributed by atoms with E-state index in [0.717, 1.165) is 37.9 Å². The van der Waals surface area contributed by atoms with Gasteiger partial charge in [-0.15, -0.1) is 5.10 Å². The highest BCUT2D eigenvalue weighted by Gasteiger charge is 2.05. The molecule has 3 rings (SSSR count). The molecule has 1 N–H and O–H groups in total. The molecule has 130 valence electrons. The van der Waals surface area contributed by atoms with Crippen molar-refractivity contribution in [3.8, 4) is 0 Å². The molecule has 0 spiro atoms. The van der Waals surface area contributed by atoms with Crippen LogP contribution in [0.3, 0.4) is 0 Å². The third-order valence-corrected chi connectivity index (χ3v) is 4.13. The zero-order valence-corrected chi connectivity index (χ0v) is 14.0. The molecule has 2 heterocycles. The van der Waals surface area contributed by atoms with Gasteiger partial charge in [0.1, 0.15) is 0 Å². The van der Waals surface area contributed by atoms with Crippen LogP contribution in [0.1, 0.15) is 24.1 Å². The second kappa shape index (κ2) is 8.23. The van der Waals surface area contributed by atoms with Gasteiger partial charge in [-0.2, -0.15) is 0 Å². The van der Waals surface area contributed by atoms with Crippen molar-refractivity contribution < 1.29 is 0 Å². The van der Waals surface area contributed by atoms with Crippen LogP contribution in [-0.4, -0.2) is 24.5 Å². The average Bonchev–Trinajstić information content (AvgIpc) is 3.07. The number of benzene rings is 1. The number of unbranched alkanes of at least 4 members (excludes halogenated alkanes) is 1. The van der Waals surface area contributed by atoms with Crippen LogP contribution in [0.5, 0.6) is 0 Å². The summed E-state index contributed by atoms with van der Waals surface area (Å²) in [6.07, 6.45) is 6.88. The van der Waals surface area contributed by atoms with Crippen LogP contribution < -0.4 is 11.2 Å². The van der Waals surface area contributed by atoms with Gasteiger partial charge in [-0.3, -0.25) is 9.78 Å². The van der Waals surface area contributed by atoms with E-state index >= 15 is 0 Å². The first-order valence-electron chi connectivity index (χ1n) is 8.43. The van der Waals surface area contributed by atoms with Crippen LogP contribution in [0.25, 0.3) is 0 Å². The van der Waals surface area contributed by atoms with Gasteiger partial charge in [0, 0.05) is 25.4 Å². The van der Waals surface area contributed by atoms with E-state index in [-0.39, 0.29) is 11.2 Å². The molecule has 7 nitrogen and oxygen atoms in total. The highest BCUT2D eigenvalue weighted by atomic mass is 16.2. The minimum Gasteiger partial charge on any atom is -0.301 e. The van der Waals surface area contributed by atoms with E-state index < -0.39 is 0 Å². The Morgan fingerprint density at radius 2 is 1.80 bits per heavy atom. The number of hydrogen-bond donors (Lipinski definition) is 1. The van der Waals surface area contributed by atoms with Gasteiger partial charge in [-0.1, -0.05) is 35.5 Å². The van der Waals surface area contributed by atoms with Crippen LogP contribution in [-0.2, 0) is 25.9 Å². The number of nitrogens with zero attached hydrogens (tertiary/aromatic N) is 4. The molecule has 0 atom stereocenters. The summed E-state index contributed by atoms with van der Waals surface area (Å²) in [5, 5.41) is 8.18. The number of hydrogen-bond acceptors (Lipinski definition) is 4. The fraction of sp³-hybridized carbons (Fsp3) is 0.333. The van der Waals surface area contributed by atoms with E-state index in [1.165, 1.54) is 22.4 Å². The Bertz CT molecular complexity index is 911. The first kappa shape index (κ1) is 16.9. The van der Waals surface area contributed by atoms with Crippen LogP contribution >= 0.6 is 0 Å². The molecule has 0 aliphatic heterocycles. The molecular formula is C18H21N5O2. The minimum atomic E-state index is -0.366. The van der Waals surface area contributed by atoms with Gasteiger partial charge in [0.15, 0.2) is 0 Å². The molecule has 0 saturated heterocycles. The Hall–Kier alpha value is -2.96. The van der Waals surface area contributed by atoms with Crippen molar-refractivity contribution in [3.05, 3.63) is 80.9 Å². The van der Waals surface area contributed by atoms with E-state index in [1.807, 2.05) is 22.9 Å². The standard InChI is InChI=1S/C18H21N5O2/c24-17-10-12-22(18(25)20-17)11-5-4-8-16-14-19-21-23(16)13-9-15-6-2-1-3-7-15/h1-3,6-7,10,12,14H,4-5,8-9,11,13H2,(H,20,24,25). The van der Waals surface area contributed by atoms with Gasteiger partial charge >= 0.3 is 5.69 Å². The Labute approximate surface area is 145 Å². The summed E-state index contributed by atoms with van der Waals surface area (Å²) in [4.78, 5) is 24.9. The van der Waals surface area contributed by atoms with Gasteiger partial charge < -0.3 is 4.57 Å². The van der Waals surface area contributed by atoms with E-state index in [4.69, 9.17) is 0 Å². The third kappa shape index (κ3) is 4.76. The van der Waals surface area contributed by atoms with Crippen LogP contribution in [0.15, 0.2) is 58.4 Å². The van der Waals surface area contributed by atoms with Crippen molar-refractivity contribution in [3.63, 3.8) is 0 Å². The maximum absolute atomic E-state index is 11.6. The molecule has 0 radical (unpaired) electrons. The monoisotopic (exact) mass is 339 g/mol. The topological polar surface area (TPSA) is 85.6 Å². The number of H-pyrrole nitrogens is 1. The predicted octanol–water partition coefficient (Wildman–Crippen LogP) is 1.39. The molecule has 0 saturated carbocycles. The van der Waals surface area contributed by atoms with Crippen LogP contribution in [0.2, 0.25) is 0 Å².